The lowest BCUT2D eigenvalue weighted by molar-refractivity contribution is -0.241. The molecule has 2 bridgehead atoms. The molecule has 2 aliphatic carbocycles. The summed E-state index contributed by atoms with van der Waals surface area (Å²) in [6.07, 6.45) is 1.21. The van der Waals surface area contributed by atoms with Crippen LogP contribution >= 0.6 is 0 Å². The van der Waals surface area contributed by atoms with Gasteiger partial charge >= 0.3 is 24.1 Å². The van der Waals surface area contributed by atoms with Gasteiger partial charge in [0.15, 0.2) is 6.10 Å². The molecule has 63 heavy (non-hydrogen) atoms. The third-order valence-electron chi connectivity index (χ3n) is 16.2. The number of aromatic amines is 1. The van der Waals surface area contributed by atoms with Gasteiger partial charge in [-0.3, -0.25) is 14.5 Å². The Balaban J connectivity index is 1.33. The fourth-order valence-corrected chi connectivity index (χ4v) is 13.9. The minimum absolute atomic E-state index is 0.0385. The van der Waals surface area contributed by atoms with Crippen molar-refractivity contribution in [1.29, 1.82) is 0 Å². The van der Waals surface area contributed by atoms with Gasteiger partial charge in [0, 0.05) is 98.3 Å². The Kier molecular flexibility index (Phi) is 10.2. The molecule has 6 heterocycles. The van der Waals surface area contributed by atoms with Gasteiger partial charge in [0.2, 0.25) is 11.5 Å². The van der Waals surface area contributed by atoms with Crippen LogP contribution in [0.4, 0.5) is 22.0 Å². The number of methoxy groups -OCH3 is 2. The molecule has 3 N–H and O–H groups in total. The van der Waals surface area contributed by atoms with Gasteiger partial charge in [-0.2, -0.15) is 13.2 Å². The van der Waals surface area contributed by atoms with E-state index in [0.29, 0.717) is 60.5 Å². The number of nitrogens with zero attached hydrogens (tertiary/aromatic N) is 3. The van der Waals surface area contributed by atoms with Crippen LogP contribution in [0.3, 0.4) is 0 Å². The molecule has 1 aromatic heterocycles. The van der Waals surface area contributed by atoms with Crippen LogP contribution in [0.5, 0.6) is 0 Å². The van der Waals surface area contributed by atoms with Crippen molar-refractivity contribution in [2.75, 3.05) is 54.0 Å². The lowest BCUT2D eigenvalue weighted by Gasteiger charge is -2.63. The second kappa shape index (κ2) is 14.6. The predicted octanol–water partition coefficient (Wildman–Crippen LogP) is 5.69. The number of carbonyl (C=O) groups excluding carboxylic acids is 2. The number of halogens is 5. The summed E-state index contributed by atoms with van der Waals surface area (Å²) in [5.41, 5.74) is -5.35. The van der Waals surface area contributed by atoms with Crippen molar-refractivity contribution in [2.45, 2.75) is 100 Å². The van der Waals surface area contributed by atoms with E-state index in [1.54, 1.807) is 11.9 Å². The summed E-state index contributed by atoms with van der Waals surface area (Å²) >= 11 is 0. The van der Waals surface area contributed by atoms with E-state index in [9.17, 15) is 33.0 Å². The Morgan fingerprint density at radius 2 is 1.79 bits per heavy atom. The number of esters is 2. The van der Waals surface area contributed by atoms with E-state index in [4.69, 9.17) is 14.2 Å². The number of fused-ring (bicyclic) bond motifs is 6. The number of likely N-dealkylation sites (tertiary alicyclic amines) is 1. The molecule has 0 radical (unpaired) electrons. The third-order valence-corrected chi connectivity index (χ3v) is 16.2. The number of hydrogen-bond acceptors (Lipinski definition) is 10. The molecule has 12 nitrogen and oxygen atoms in total. The number of alkyl halides is 5. The molecule has 17 heteroatoms. The van der Waals surface area contributed by atoms with E-state index in [1.165, 1.54) is 27.2 Å². The first kappa shape index (κ1) is 43.9. The second-order valence-corrected chi connectivity index (χ2v) is 19.2. The number of carbonyl (C=O) groups is 3. The van der Waals surface area contributed by atoms with Crippen LogP contribution in [-0.4, -0.2) is 138 Å². The molecule has 1 saturated carbocycles. The first-order valence-corrected chi connectivity index (χ1v) is 21.8. The molecule has 12 atom stereocenters. The molecule has 342 valence electrons. The Morgan fingerprint density at radius 3 is 2.43 bits per heavy atom. The van der Waals surface area contributed by atoms with Crippen LogP contribution in [0.25, 0.3) is 10.9 Å². The van der Waals surface area contributed by atoms with Crippen LogP contribution < -0.4 is 0 Å². The highest BCUT2D eigenvalue weighted by atomic mass is 19.4. The maximum Gasteiger partial charge on any atom is 0.416 e. The summed E-state index contributed by atoms with van der Waals surface area (Å²) in [5.74, 6) is -8.69. The maximum atomic E-state index is 15.4. The van der Waals surface area contributed by atoms with Gasteiger partial charge in [-0.05, 0) is 86.9 Å². The van der Waals surface area contributed by atoms with E-state index < -0.39 is 99.5 Å². The summed E-state index contributed by atoms with van der Waals surface area (Å²) in [6, 6.07) is 1.69. The van der Waals surface area contributed by atoms with Gasteiger partial charge in [-0.1, -0.05) is 25.2 Å². The number of rotatable bonds is 7. The van der Waals surface area contributed by atoms with E-state index in [1.807, 2.05) is 36.1 Å². The van der Waals surface area contributed by atoms with Crippen LogP contribution in [0.1, 0.15) is 63.3 Å². The number of hydrogen-bond donors (Lipinski definition) is 3. The maximum absolute atomic E-state index is 15.4. The number of carboxylic acids is 1. The van der Waals surface area contributed by atoms with Crippen LogP contribution in [0.2, 0.25) is 0 Å². The van der Waals surface area contributed by atoms with Crippen LogP contribution in [-0.2, 0) is 46.6 Å². The molecule has 5 aliphatic heterocycles. The number of ether oxygens (including phenoxy) is 3. The van der Waals surface area contributed by atoms with Gasteiger partial charge in [-0.25, -0.2) is 13.6 Å². The number of nitrogens with one attached hydrogen (secondary N) is 1. The molecule has 4 fully saturated rings. The Hall–Kier alpha value is -4.32. The molecule has 4 unspecified atom stereocenters. The second-order valence-electron chi connectivity index (χ2n) is 19.2. The highest BCUT2D eigenvalue weighted by molar-refractivity contribution is 5.92. The number of piperidine rings is 1. The molecule has 0 amide bonds. The zero-order valence-electron chi connectivity index (χ0n) is 36.2. The fraction of sp³-hybridized carbons (Fsp3) is 0.630. The van der Waals surface area contributed by atoms with E-state index in [-0.39, 0.29) is 37.7 Å². The number of allylic oxidation sites excluding steroid dienone is 1. The third kappa shape index (κ3) is 6.00. The van der Waals surface area contributed by atoms with Gasteiger partial charge < -0.3 is 39.2 Å². The zero-order chi connectivity index (χ0) is 45.4. The van der Waals surface area contributed by atoms with Gasteiger partial charge in [0.1, 0.15) is 5.41 Å². The van der Waals surface area contributed by atoms with Crippen molar-refractivity contribution >= 4 is 28.8 Å². The molecule has 3 saturated heterocycles. The highest BCUT2D eigenvalue weighted by Gasteiger charge is 2.81. The summed E-state index contributed by atoms with van der Waals surface area (Å²) in [6.45, 7) is 5.61. The van der Waals surface area contributed by atoms with Crippen LogP contribution in [0, 0.1) is 28.6 Å². The molecule has 1 aromatic carbocycles. The van der Waals surface area contributed by atoms with Crippen molar-refractivity contribution in [3.63, 3.8) is 0 Å². The molecule has 9 rings (SSSR count). The number of aliphatic carboxylic acids is 1. The molecular weight excluding hydrogens is 832 g/mol. The van der Waals surface area contributed by atoms with Gasteiger partial charge in [0.05, 0.1) is 24.8 Å². The van der Waals surface area contributed by atoms with E-state index in [2.05, 4.69) is 9.88 Å². The number of carboxylic acid groups (broad SMARTS) is 1. The monoisotopic (exact) mass is 886 g/mol. The quantitative estimate of drug-likeness (QED) is 0.179. The number of benzene rings is 1. The van der Waals surface area contributed by atoms with Crippen molar-refractivity contribution in [3.05, 3.63) is 70.6 Å². The first-order valence-electron chi connectivity index (χ1n) is 21.8. The summed E-state index contributed by atoms with van der Waals surface area (Å²) < 4.78 is 91.9. The summed E-state index contributed by atoms with van der Waals surface area (Å²) in [7, 11) is 4.38. The average Bonchev–Trinajstić information content (AvgIpc) is 3.89. The largest absolute Gasteiger partial charge is 0.479 e. The minimum atomic E-state index is -4.68. The van der Waals surface area contributed by atoms with E-state index in [0.717, 1.165) is 19.1 Å². The standard InChI is InChI=1S/C46H55F5N4O8/c1-7-42-12-8-14-55-16-13-43(36(42)55)30-19-31(34(61-5)20-33(30)53(4)37(43)45(60,39(57)58)38(42)63-24(2)56)44(40(59)62-6)21-25-17-27(41(3,47)48)23-54(22-25)15-11-28-29-18-26(46(49,50)51)9-10-32(29)52-35(28)44/h8-10,12,18-20,25,27,31,34,36-38,52,60H,7,11,13-17,21-23H2,1-6H3,(H,57,58)/t25-,27?,31?,34?,36+,37-,38-,42-,43-,44+,45+/m1/s1. The minimum Gasteiger partial charge on any atom is -0.479 e. The lowest BCUT2D eigenvalue weighted by Crippen LogP contribution is -2.79. The highest BCUT2D eigenvalue weighted by Crippen LogP contribution is 2.70. The number of aliphatic hydroxyl groups is 1. The number of aromatic nitrogens is 1. The topological polar surface area (TPSA) is 145 Å². The zero-order valence-corrected chi connectivity index (χ0v) is 36.2. The molecule has 7 aliphatic rings. The first-order chi connectivity index (χ1) is 29.6. The molecule has 1 spiro atoms. The van der Waals surface area contributed by atoms with E-state index >= 15 is 13.6 Å². The number of likely N-dealkylation sites (N-methyl/N-ethyl adjacent to an activating group) is 1. The lowest BCUT2D eigenvalue weighted by atomic mass is 9.47. The molecule has 2 aromatic rings. The Bertz CT molecular complexity index is 2340. The molecular formula is C46H55F5N4O8. The van der Waals surface area contributed by atoms with Gasteiger partial charge in [-0.15, -0.1) is 0 Å². The van der Waals surface area contributed by atoms with Crippen LogP contribution in [0.15, 0.2) is 53.8 Å². The van der Waals surface area contributed by atoms with Gasteiger partial charge in [0.25, 0.3) is 0 Å². The predicted molar refractivity (Wildman–Crippen MR) is 218 cm³/mol. The Morgan fingerprint density at radius 1 is 1.05 bits per heavy atom. The van der Waals surface area contributed by atoms with Crippen molar-refractivity contribution in [1.82, 2.24) is 19.7 Å². The van der Waals surface area contributed by atoms with Crippen molar-refractivity contribution in [2.24, 2.45) is 28.6 Å². The normalized spacial score (nSPS) is 38.6. The SMILES string of the molecule is CC[C@]12C=CCN3CC[C@@]4(C5=CC([C@@]6(C(=O)OC)C[C@H]7CC(C(C)(F)F)CN(CCc8c6[nH]c6ccc(C(F)(F)F)cc86)C7)C(OC)C=C5N(C)[C@H]4[C@@](O)(C(=O)O)[C@@H]1OC(C)=O)[C@@H]32. The summed E-state index contributed by atoms with van der Waals surface area (Å²) in [4.78, 5) is 51.3. The number of H-pyrrole nitrogens is 1. The average molecular weight is 887 g/mol. The fourth-order valence-electron chi connectivity index (χ4n) is 13.9. The van der Waals surface area contributed by atoms with Crippen molar-refractivity contribution in [3.8, 4) is 0 Å². The Labute approximate surface area is 362 Å². The van der Waals surface area contributed by atoms with Crippen molar-refractivity contribution < 1.29 is 60.8 Å². The smallest absolute Gasteiger partial charge is 0.416 e. The summed E-state index contributed by atoms with van der Waals surface area (Å²) in [5, 5.41) is 24.5.